The van der Waals surface area contributed by atoms with Gasteiger partial charge in [0.15, 0.2) is 23.3 Å². The van der Waals surface area contributed by atoms with Gasteiger partial charge in [-0.3, -0.25) is 0 Å². The van der Waals surface area contributed by atoms with Crippen LogP contribution in [0.15, 0.2) is 78.9 Å². The zero-order chi connectivity index (χ0) is 28.8. The summed E-state index contributed by atoms with van der Waals surface area (Å²) in [5.74, 6) is 2.02. The number of hydrogen-bond acceptors (Lipinski definition) is 9. The van der Waals surface area contributed by atoms with E-state index in [0.29, 0.717) is 68.0 Å². The van der Waals surface area contributed by atoms with E-state index in [1.165, 1.54) is 0 Å². The zero-order valence-electron chi connectivity index (χ0n) is 22.8. The molecule has 4 aromatic carbocycles. The fourth-order valence-electron chi connectivity index (χ4n) is 5.87. The van der Waals surface area contributed by atoms with Crippen molar-refractivity contribution in [2.75, 3.05) is 17.2 Å². The number of H-pyrrole nitrogens is 2. The summed E-state index contributed by atoms with van der Waals surface area (Å²) in [6, 6.07) is 25.4. The number of nitrogens with one attached hydrogen (secondary N) is 2. The van der Waals surface area contributed by atoms with Gasteiger partial charge in [-0.05, 0) is 6.07 Å². The monoisotopic (exact) mass is 752 g/mol. The molecule has 2 aliphatic rings. The van der Waals surface area contributed by atoms with Crippen LogP contribution >= 0.6 is 0 Å². The molecule has 44 heavy (non-hydrogen) atoms. The van der Waals surface area contributed by atoms with Crippen molar-refractivity contribution in [3.8, 4) is 45.6 Å². The second-order valence-electron chi connectivity index (χ2n) is 10.5. The van der Waals surface area contributed by atoms with Crippen LogP contribution in [0.4, 0.5) is 17.1 Å². The van der Waals surface area contributed by atoms with E-state index < -0.39 is 0 Å². The van der Waals surface area contributed by atoms with E-state index in [9.17, 15) is 0 Å². The number of nitrogen functional groups attached to an aromatic ring is 3. The molecule has 1 radical (unpaired) electrons. The smallest absolute Gasteiger partial charge is 0.164 e. The second kappa shape index (κ2) is 9.40. The summed E-state index contributed by atoms with van der Waals surface area (Å²) < 4.78 is 0. The number of aromatic nitrogens is 8. The van der Waals surface area contributed by atoms with Crippen molar-refractivity contribution in [3.63, 3.8) is 0 Å². The van der Waals surface area contributed by atoms with Gasteiger partial charge in [0.1, 0.15) is 22.6 Å². The van der Waals surface area contributed by atoms with Gasteiger partial charge in [0.05, 0.1) is 22.4 Å². The third-order valence-corrected chi connectivity index (χ3v) is 7.95. The van der Waals surface area contributed by atoms with Gasteiger partial charge >= 0.3 is 0 Å². The van der Waals surface area contributed by atoms with Crippen LogP contribution in [0.5, 0.6) is 0 Å². The third kappa shape index (κ3) is 3.65. The predicted octanol–water partition coefficient (Wildman–Crippen LogP) is 5.61. The summed E-state index contributed by atoms with van der Waals surface area (Å²) in [5, 5.41) is 3.09. The molecule has 0 saturated carbocycles. The number of benzene rings is 4. The molecule has 0 aliphatic carbocycles. The van der Waals surface area contributed by atoms with Gasteiger partial charge in [-0.15, -0.1) is 0 Å². The first kappa shape index (κ1) is 26.0. The molecule has 9 rings (SSSR count). The van der Waals surface area contributed by atoms with Gasteiger partial charge in [-0.1, -0.05) is 72.8 Å². The van der Waals surface area contributed by atoms with Crippen LogP contribution in [0.25, 0.3) is 89.7 Å². The molecule has 213 valence electrons. The summed E-state index contributed by atoms with van der Waals surface area (Å²) in [7, 11) is 0. The summed E-state index contributed by atoms with van der Waals surface area (Å²) in [6.07, 6.45) is 0. The fourth-order valence-corrected chi connectivity index (χ4v) is 5.87. The van der Waals surface area contributed by atoms with E-state index in [-0.39, 0.29) is 25.8 Å². The first-order chi connectivity index (χ1) is 21.0. The molecule has 2 aliphatic heterocycles. The average molecular weight is 752 g/mol. The van der Waals surface area contributed by atoms with Crippen LogP contribution < -0.4 is 17.2 Å². The Hall–Kier alpha value is -5.71. The van der Waals surface area contributed by atoms with E-state index >= 15 is 0 Å². The quantitative estimate of drug-likeness (QED) is 0.123. The number of aromatic amines is 2. The average Bonchev–Trinajstić information content (AvgIpc) is 3.75. The molecule has 5 heterocycles. The SMILES string of the molecule is Nc1cc2c3nc4nc(nc5[nH]c(nc6nc(nc([nH]3)c2c(N)c1N)-c1ccccc1-6)c1ccccc51)-c1ccccc1-4.[Ir]. The molecule has 0 amide bonds. The maximum absolute atomic E-state index is 6.55. The van der Waals surface area contributed by atoms with Crippen LogP contribution in [0.1, 0.15) is 0 Å². The van der Waals surface area contributed by atoms with E-state index in [1.54, 1.807) is 6.07 Å². The number of hydrogen-bond donors (Lipinski definition) is 5. The minimum absolute atomic E-state index is 0. The number of fused-ring (bicyclic) bond motifs is 20. The summed E-state index contributed by atoms with van der Waals surface area (Å²) >= 11 is 0. The van der Waals surface area contributed by atoms with Crippen molar-refractivity contribution in [2.24, 2.45) is 0 Å². The molecule has 11 nitrogen and oxygen atoms in total. The maximum atomic E-state index is 6.55. The number of rotatable bonds is 0. The van der Waals surface area contributed by atoms with Crippen molar-refractivity contribution in [3.05, 3.63) is 78.9 Å². The topological polar surface area (TPSA) is 187 Å². The van der Waals surface area contributed by atoms with E-state index in [2.05, 4.69) is 9.97 Å². The fraction of sp³-hybridized carbons (Fsp3) is 0. The maximum Gasteiger partial charge on any atom is 0.164 e. The minimum Gasteiger partial charge on any atom is -0.397 e. The molecular weight excluding hydrogens is 731 g/mol. The molecule has 0 fully saturated rings. The number of nitrogens with two attached hydrogens (primary N) is 3. The number of nitrogens with zero attached hydrogens (tertiary/aromatic N) is 6. The summed E-state index contributed by atoms with van der Waals surface area (Å²) in [4.78, 5) is 36.5. The van der Waals surface area contributed by atoms with Crippen molar-refractivity contribution in [2.45, 2.75) is 0 Å². The second-order valence-corrected chi connectivity index (χ2v) is 10.5. The molecule has 8 bridgehead atoms. The van der Waals surface area contributed by atoms with Crippen molar-refractivity contribution >= 4 is 61.2 Å². The largest absolute Gasteiger partial charge is 0.397 e. The third-order valence-electron chi connectivity index (χ3n) is 7.95. The normalized spacial score (nSPS) is 11.7. The molecule has 0 atom stereocenters. The van der Waals surface area contributed by atoms with Crippen molar-refractivity contribution < 1.29 is 20.1 Å². The molecule has 12 heteroatoms. The van der Waals surface area contributed by atoms with Crippen molar-refractivity contribution in [1.29, 1.82) is 0 Å². The minimum atomic E-state index is 0. The Bertz CT molecular complexity index is 2520. The molecule has 8 N–H and O–H groups in total. The first-order valence-corrected chi connectivity index (χ1v) is 13.6. The van der Waals surface area contributed by atoms with Crippen LogP contribution in [-0.2, 0) is 20.1 Å². The van der Waals surface area contributed by atoms with Gasteiger partial charge in [-0.2, -0.15) is 0 Å². The Kier molecular flexibility index (Phi) is 5.54. The van der Waals surface area contributed by atoms with Crippen molar-refractivity contribution in [1.82, 2.24) is 39.9 Å². The molecular formula is C32H21IrN11. The van der Waals surface area contributed by atoms with Gasteiger partial charge < -0.3 is 27.2 Å². The molecule has 0 spiro atoms. The van der Waals surface area contributed by atoms with Crippen LogP contribution in [0.3, 0.4) is 0 Å². The first-order valence-electron chi connectivity index (χ1n) is 13.6. The van der Waals surface area contributed by atoms with Gasteiger partial charge in [0.2, 0.25) is 0 Å². The Morgan fingerprint density at radius 3 is 1.30 bits per heavy atom. The van der Waals surface area contributed by atoms with Gasteiger partial charge in [0, 0.05) is 58.5 Å². The Labute approximate surface area is 262 Å². The van der Waals surface area contributed by atoms with Crippen LogP contribution in [-0.4, -0.2) is 39.9 Å². The van der Waals surface area contributed by atoms with E-state index in [4.69, 9.17) is 47.1 Å². The molecule has 3 aromatic heterocycles. The standard InChI is InChI=1S/C32H21N11.Ir/c33-21-13-20-22(24(35)23(21)34)32-42-30-19-12-6-5-11-18(19)28(40-30)38-26-15-8-2-1-7-14(15)25(36-26)37-27-16-9-3-4-10-17(16)29(39-27)41-31(20)43-32;/h1-13H,33-35H2,(H2,36,37,38,39,40,41,42,43);. The van der Waals surface area contributed by atoms with Crippen LogP contribution in [0.2, 0.25) is 0 Å². The van der Waals surface area contributed by atoms with Gasteiger partial charge in [0.25, 0.3) is 0 Å². The van der Waals surface area contributed by atoms with E-state index in [1.807, 2.05) is 72.8 Å². The van der Waals surface area contributed by atoms with E-state index in [0.717, 1.165) is 33.0 Å². The summed E-state index contributed by atoms with van der Waals surface area (Å²) in [5.41, 5.74) is 25.6. The Balaban J connectivity index is 0.00000289. The summed E-state index contributed by atoms with van der Waals surface area (Å²) in [6.45, 7) is 0. The predicted molar refractivity (Wildman–Crippen MR) is 169 cm³/mol. The molecule has 0 unspecified atom stereocenters. The Morgan fingerprint density at radius 1 is 0.432 bits per heavy atom. The zero-order valence-corrected chi connectivity index (χ0v) is 25.1. The van der Waals surface area contributed by atoms with Gasteiger partial charge in [-0.25, -0.2) is 29.9 Å². The van der Waals surface area contributed by atoms with Crippen LogP contribution in [0, 0.1) is 0 Å². The molecule has 0 saturated heterocycles. The molecule has 7 aromatic rings. The number of anilines is 3. The Morgan fingerprint density at radius 2 is 0.818 bits per heavy atom.